The first-order valence-electron chi connectivity index (χ1n) is 5.90. The van der Waals surface area contributed by atoms with Crippen LogP contribution in [0.15, 0.2) is 24.3 Å². The summed E-state index contributed by atoms with van der Waals surface area (Å²) >= 11 is 10.9. The summed E-state index contributed by atoms with van der Waals surface area (Å²) in [6, 6.07) is 7.96. The van der Waals surface area contributed by atoms with Gasteiger partial charge in [0.05, 0.1) is 0 Å². The zero-order valence-electron chi connectivity index (χ0n) is 10.7. The van der Waals surface area contributed by atoms with Crippen molar-refractivity contribution in [2.24, 2.45) is 0 Å². The average Bonchev–Trinajstić information content (AvgIpc) is 2.39. The number of thiol groups is 1. The molecular formula is C12H19NO2PS2-. The number of methoxy groups -OCH3 is 1. The monoisotopic (exact) mass is 304 g/mol. The van der Waals surface area contributed by atoms with Crippen LogP contribution in [0.25, 0.3) is 0 Å². The van der Waals surface area contributed by atoms with Crippen molar-refractivity contribution in [3.05, 3.63) is 24.3 Å². The number of rotatable bonds is 3. The molecule has 18 heavy (non-hydrogen) atoms. The van der Waals surface area contributed by atoms with Crippen molar-refractivity contribution in [3.63, 3.8) is 0 Å². The Labute approximate surface area is 119 Å². The summed E-state index contributed by atoms with van der Waals surface area (Å²) in [6.45, 7) is 5.27. The Kier molecular flexibility index (Phi) is 4.20. The molecule has 0 radical (unpaired) electrons. The second-order valence-electron chi connectivity index (χ2n) is 4.61. The molecule has 0 unspecified atom stereocenters. The quantitative estimate of drug-likeness (QED) is 0.524. The van der Waals surface area contributed by atoms with Crippen LogP contribution in [0.2, 0.25) is 0 Å². The molecule has 0 atom stereocenters. The molecule has 0 N–H and O–H groups in total. The minimum atomic E-state index is -2.72. The summed E-state index contributed by atoms with van der Waals surface area (Å²) in [5.74, 6) is 0.844. The fourth-order valence-corrected chi connectivity index (χ4v) is 6.17. The van der Waals surface area contributed by atoms with E-state index in [9.17, 15) is 0 Å². The normalized spacial score (nSPS) is 20.1. The van der Waals surface area contributed by atoms with Crippen molar-refractivity contribution < 1.29 is 9.47 Å². The summed E-state index contributed by atoms with van der Waals surface area (Å²) in [6.07, 6.45) is 0. The average molecular weight is 304 g/mol. The van der Waals surface area contributed by atoms with Crippen LogP contribution in [0.3, 0.4) is 0 Å². The molecule has 2 rings (SSSR count). The summed E-state index contributed by atoms with van der Waals surface area (Å²) in [5.41, 5.74) is 0. The van der Waals surface area contributed by atoms with Crippen molar-refractivity contribution in [1.29, 1.82) is 0 Å². The van der Waals surface area contributed by atoms with E-state index in [1.54, 1.807) is 7.11 Å². The molecule has 0 spiro atoms. The van der Waals surface area contributed by atoms with Crippen LogP contribution in [0.1, 0.15) is 0 Å². The Balaban J connectivity index is 2.30. The van der Waals surface area contributed by atoms with Crippen molar-refractivity contribution in [2.45, 2.75) is 0 Å². The van der Waals surface area contributed by atoms with E-state index in [-0.39, 0.29) is 0 Å². The van der Waals surface area contributed by atoms with E-state index in [0.717, 1.165) is 37.4 Å². The molecule has 1 heterocycles. The molecule has 0 saturated carbocycles. The molecule has 6 heteroatoms. The Morgan fingerprint density at radius 2 is 1.83 bits per heavy atom. The first-order chi connectivity index (χ1) is 8.42. The molecule has 1 fully saturated rings. The third-order valence-electron chi connectivity index (χ3n) is 3.32. The van der Waals surface area contributed by atoms with Gasteiger partial charge in [0, 0.05) is 0 Å². The van der Waals surface area contributed by atoms with Gasteiger partial charge in [0.1, 0.15) is 0 Å². The number of nitrogens with zero attached hydrogens (tertiary/aromatic N) is 1. The Morgan fingerprint density at radius 1 is 1.28 bits per heavy atom. The summed E-state index contributed by atoms with van der Waals surface area (Å²) in [7, 11) is 1.66. The molecule has 1 saturated heterocycles. The zero-order valence-corrected chi connectivity index (χ0v) is 13.3. The molecule has 3 nitrogen and oxygen atoms in total. The van der Waals surface area contributed by atoms with Gasteiger partial charge in [-0.3, -0.25) is 0 Å². The van der Waals surface area contributed by atoms with E-state index < -0.39 is 5.16 Å². The molecule has 1 aromatic rings. The second kappa shape index (κ2) is 5.22. The first kappa shape index (κ1) is 14.5. The van der Waals surface area contributed by atoms with Crippen molar-refractivity contribution in [2.75, 3.05) is 40.1 Å². The Morgan fingerprint density at radius 3 is 2.33 bits per heavy atom. The van der Waals surface area contributed by atoms with Gasteiger partial charge in [-0.15, -0.1) is 0 Å². The fraction of sp³-hybridized carbons (Fsp3) is 0.500. The number of hydrogen-bond acceptors (Lipinski definition) is 5. The van der Waals surface area contributed by atoms with Crippen LogP contribution in [-0.2, 0) is 17.0 Å². The molecular weight excluding hydrogens is 285 g/mol. The maximum absolute atomic E-state index is 5.94. The number of benzene rings is 1. The number of ether oxygens (including phenoxy) is 2. The molecule has 1 aliphatic heterocycles. The summed E-state index contributed by atoms with van der Waals surface area (Å²) in [4.78, 5) is 0. The van der Waals surface area contributed by atoms with E-state index >= 15 is 0 Å². The molecule has 1 aromatic carbocycles. The molecule has 1 aliphatic rings. The van der Waals surface area contributed by atoms with Crippen LogP contribution < -0.4 is 10.0 Å². The van der Waals surface area contributed by atoms with Crippen molar-refractivity contribution >= 4 is 35.0 Å². The van der Waals surface area contributed by atoms with Gasteiger partial charge in [-0.25, -0.2) is 0 Å². The second-order valence-corrected chi connectivity index (χ2v) is 14.8. The molecule has 0 aliphatic carbocycles. The predicted molar refractivity (Wildman–Crippen MR) is 84.2 cm³/mol. The van der Waals surface area contributed by atoms with Gasteiger partial charge in [0.2, 0.25) is 0 Å². The van der Waals surface area contributed by atoms with E-state index in [0.29, 0.717) is 0 Å². The third kappa shape index (κ3) is 2.81. The first-order valence-corrected chi connectivity index (χ1v) is 10.7. The van der Waals surface area contributed by atoms with Crippen LogP contribution in [0.5, 0.6) is 5.75 Å². The Bertz CT molecular complexity index is 410. The third-order valence-corrected chi connectivity index (χ3v) is 9.32. The van der Waals surface area contributed by atoms with E-state index in [4.69, 9.17) is 34.0 Å². The van der Waals surface area contributed by atoms with E-state index in [1.807, 2.05) is 24.3 Å². The van der Waals surface area contributed by atoms with Gasteiger partial charge < -0.3 is 0 Å². The number of hydrogen-bond donors (Lipinski definition) is 1. The molecule has 0 amide bonds. The molecule has 0 bridgehead atoms. The van der Waals surface area contributed by atoms with Gasteiger partial charge >= 0.3 is 119 Å². The van der Waals surface area contributed by atoms with Gasteiger partial charge in [0.15, 0.2) is 0 Å². The summed E-state index contributed by atoms with van der Waals surface area (Å²) < 4.78 is 12.9. The van der Waals surface area contributed by atoms with E-state index in [1.165, 1.54) is 0 Å². The van der Waals surface area contributed by atoms with Gasteiger partial charge in [-0.2, -0.15) is 0 Å². The standard InChI is InChI=1S/C12H19NO2PS2/c1-14-11-3-5-12(6-4-11)16(2,17,18)13-7-9-15-10-8-13/h3-6,17H,7-10H2,1-2H3/q-1. The van der Waals surface area contributed by atoms with Gasteiger partial charge in [-0.05, 0) is 0 Å². The Hall–Kier alpha value is 0.0700. The minimum absolute atomic E-state index is 0.735. The van der Waals surface area contributed by atoms with Gasteiger partial charge in [0.25, 0.3) is 0 Å². The van der Waals surface area contributed by atoms with Crippen molar-refractivity contribution in [1.82, 2.24) is 4.67 Å². The molecule has 102 valence electrons. The van der Waals surface area contributed by atoms with Crippen LogP contribution in [0.4, 0.5) is 0 Å². The topological polar surface area (TPSA) is 21.7 Å². The number of morpholine rings is 1. The van der Waals surface area contributed by atoms with Crippen LogP contribution >= 0.6 is 17.4 Å². The van der Waals surface area contributed by atoms with Gasteiger partial charge in [-0.1, -0.05) is 0 Å². The van der Waals surface area contributed by atoms with Crippen LogP contribution in [0, 0.1) is 0 Å². The summed E-state index contributed by atoms with van der Waals surface area (Å²) in [5, 5.41) is -1.61. The fourth-order valence-electron chi connectivity index (χ4n) is 2.11. The van der Waals surface area contributed by atoms with Crippen LogP contribution in [-0.4, -0.2) is 44.7 Å². The molecule has 0 aromatic heterocycles. The predicted octanol–water partition coefficient (Wildman–Crippen LogP) is 2.06. The zero-order chi connectivity index (χ0) is 13.3. The van der Waals surface area contributed by atoms with Crippen molar-refractivity contribution in [3.8, 4) is 5.75 Å². The SMILES string of the molecule is COc1ccc(P(C)([S-])(S)N2CCOCC2)cc1. The maximum atomic E-state index is 5.94. The van der Waals surface area contributed by atoms with E-state index in [2.05, 4.69) is 11.3 Å².